The molecule has 0 bridgehead atoms. The summed E-state index contributed by atoms with van der Waals surface area (Å²) >= 11 is 0. The fraction of sp³-hybridized carbons (Fsp3) is 0.462. The molecule has 0 aliphatic carbocycles. The van der Waals surface area contributed by atoms with Crippen molar-refractivity contribution in [1.29, 1.82) is 0 Å². The van der Waals surface area contributed by atoms with Gasteiger partial charge in [0, 0.05) is 6.21 Å². The molecule has 0 spiro atoms. The third-order valence-corrected chi connectivity index (χ3v) is 2.80. The minimum atomic E-state index is -1.45. The number of hydrogen-bond acceptors (Lipinski definition) is 5. The molecule has 0 aromatic heterocycles. The standard InChI is InChI=1S/C13H19NO4/c1-8-3-4-10(5-9(8)2)14-6-11(16)13(18)12(17)7-15/h3-6,11-13,15-18H,7H2,1-2H3/t11-,12+,13-/m0/s1. The van der Waals surface area contributed by atoms with Gasteiger partial charge in [0.1, 0.15) is 18.3 Å². The lowest BCUT2D eigenvalue weighted by atomic mass is 10.1. The minimum absolute atomic E-state index is 0.615. The Kier molecular flexibility index (Phi) is 5.43. The van der Waals surface area contributed by atoms with E-state index in [1.54, 1.807) is 6.07 Å². The van der Waals surface area contributed by atoms with Crippen molar-refractivity contribution < 1.29 is 20.4 Å². The second kappa shape index (κ2) is 6.61. The van der Waals surface area contributed by atoms with Gasteiger partial charge < -0.3 is 20.4 Å². The van der Waals surface area contributed by atoms with Crippen LogP contribution < -0.4 is 0 Å². The van der Waals surface area contributed by atoms with E-state index in [1.807, 2.05) is 26.0 Å². The maximum atomic E-state index is 9.53. The minimum Gasteiger partial charge on any atom is -0.394 e. The average molecular weight is 253 g/mol. The third-order valence-electron chi connectivity index (χ3n) is 2.80. The monoisotopic (exact) mass is 253 g/mol. The van der Waals surface area contributed by atoms with Gasteiger partial charge in [-0.2, -0.15) is 0 Å². The van der Waals surface area contributed by atoms with Gasteiger partial charge in [-0.1, -0.05) is 6.07 Å². The quantitative estimate of drug-likeness (QED) is 0.559. The van der Waals surface area contributed by atoms with Gasteiger partial charge in [-0.3, -0.25) is 4.99 Å². The first-order valence-corrected chi connectivity index (χ1v) is 5.72. The molecule has 18 heavy (non-hydrogen) atoms. The van der Waals surface area contributed by atoms with Crippen LogP contribution in [-0.4, -0.2) is 51.6 Å². The summed E-state index contributed by atoms with van der Waals surface area (Å²) in [6.45, 7) is 3.32. The second-order valence-electron chi connectivity index (χ2n) is 4.28. The van der Waals surface area contributed by atoms with E-state index in [-0.39, 0.29) is 0 Å². The summed E-state index contributed by atoms with van der Waals surface area (Å²) < 4.78 is 0. The van der Waals surface area contributed by atoms with Crippen molar-refractivity contribution >= 4 is 11.9 Å². The summed E-state index contributed by atoms with van der Waals surface area (Å²) in [6, 6.07) is 5.56. The molecule has 0 saturated heterocycles. The first-order valence-electron chi connectivity index (χ1n) is 5.72. The molecule has 1 rings (SSSR count). The summed E-state index contributed by atoms with van der Waals surface area (Å²) in [5.41, 5.74) is 2.88. The van der Waals surface area contributed by atoms with Crippen LogP contribution in [0.15, 0.2) is 23.2 Å². The van der Waals surface area contributed by atoms with E-state index < -0.39 is 24.9 Å². The molecule has 0 aliphatic rings. The van der Waals surface area contributed by atoms with Crippen LogP contribution in [0.5, 0.6) is 0 Å². The molecule has 100 valence electrons. The van der Waals surface area contributed by atoms with Gasteiger partial charge in [0.2, 0.25) is 0 Å². The van der Waals surface area contributed by atoms with E-state index in [9.17, 15) is 10.2 Å². The SMILES string of the molecule is Cc1ccc(N=C[C@H](O)[C@H](O)[C@H](O)CO)cc1C. The lowest BCUT2D eigenvalue weighted by molar-refractivity contribution is -0.0541. The van der Waals surface area contributed by atoms with Crippen LogP contribution >= 0.6 is 0 Å². The lowest BCUT2D eigenvalue weighted by Crippen LogP contribution is -2.40. The first kappa shape index (κ1) is 14.8. The van der Waals surface area contributed by atoms with Crippen molar-refractivity contribution in [2.24, 2.45) is 4.99 Å². The Labute approximate surface area is 106 Å². The van der Waals surface area contributed by atoms with E-state index in [1.165, 1.54) is 0 Å². The number of aliphatic hydroxyl groups excluding tert-OH is 4. The molecule has 0 unspecified atom stereocenters. The van der Waals surface area contributed by atoms with Crippen LogP contribution in [0.4, 0.5) is 5.69 Å². The van der Waals surface area contributed by atoms with Crippen LogP contribution in [0.25, 0.3) is 0 Å². The van der Waals surface area contributed by atoms with E-state index in [2.05, 4.69) is 4.99 Å². The third kappa shape index (κ3) is 3.89. The molecule has 1 aromatic carbocycles. The predicted octanol–water partition coefficient (Wildman–Crippen LogP) is 0.0807. The van der Waals surface area contributed by atoms with Crippen LogP contribution in [-0.2, 0) is 0 Å². The van der Waals surface area contributed by atoms with Gasteiger partial charge in [0.15, 0.2) is 0 Å². The topological polar surface area (TPSA) is 93.3 Å². The highest BCUT2D eigenvalue weighted by Crippen LogP contribution is 2.16. The molecular formula is C13H19NO4. The molecule has 0 fully saturated rings. The summed E-state index contributed by atoms with van der Waals surface area (Å²) in [6.07, 6.45) is -3.02. The Morgan fingerprint density at radius 2 is 1.83 bits per heavy atom. The normalized spacial score (nSPS) is 16.8. The van der Waals surface area contributed by atoms with Crippen molar-refractivity contribution in [1.82, 2.24) is 0 Å². The number of rotatable bonds is 5. The highest BCUT2D eigenvalue weighted by molar-refractivity contribution is 5.68. The van der Waals surface area contributed by atoms with Crippen molar-refractivity contribution in [3.63, 3.8) is 0 Å². The number of hydrogen-bond donors (Lipinski definition) is 4. The molecule has 0 radical (unpaired) electrons. The zero-order chi connectivity index (χ0) is 13.7. The molecule has 1 aromatic rings. The van der Waals surface area contributed by atoms with Crippen molar-refractivity contribution in [2.75, 3.05) is 6.61 Å². The van der Waals surface area contributed by atoms with Crippen LogP contribution in [0.3, 0.4) is 0 Å². The molecule has 3 atom stereocenters. The highest BCUT2D eigenvalue weighted by Gasteiger charge is 2.22. The molecule has 5 heteroatoms. The van der Waals surface area contributed by atoms with Gasteiger partial charge in [0.25, 0.3) is 0 Å². The zero-order valence-electron chi connectivity index (χ0n) is 10.5. The van der Waals surface area contributed by atoms with Gasteiger partial charge in [-0.15, -0.1) is 0 Å². The fourth-order valence-electron chi connectivity index (χ4n) is 1.39. The van der Waals surface area contributed by atoms with Crippen molar-refractivity contribution in [3.05, 3.63) is 29.3 Å². The maximum Gasteiger partial charge on any atom is 0.118 e. The van der Waals surface area contributed by atoms with Crippen LogP contribution in [0.1, 0.15) is 11.1 Å². The molecule has 4 N–H and O–H groups in total. The number of aryl methyl sites for hydroxylation is 2. The van der Waals surface area contributed by atoms with Gasteiger partial charge in [-0.05, 0) is 37.1 Å². The average Bonchev–Trinajstić information content (AvgIpc) is 2.37. The predicted molar refractivity (Wildman–Crippen MR) is 69.2 cm³/mol. The van der Waals surface area contributed by atoms with E-state index in [4.69, 9.17) is 10.2 Å². The Bertz CT molecular complexity index is 419. The van der Waals surface area contributed by atoms with Crippen LogP contribution in [0, 0.1) is 13.8 Å². The summed E-state index contributed by atoms with van der Waals surface area (Å²) in [4.78, 5) is 4.02. The number of aliphatic imine (C=N–C) groups is 1. The first-order chi connectivity index (χ1) is 8.45. The van der Waals surface area contributed by atoms with Gasteiger partial charge >= 0.3 is 0 Å². The molecule has 0 amide bonds. The smallest absolute Gasteiger partial charge is 0.118 e. The Morgan fingerprint density at radius 1 is 1.17 bits per heavy atom. The van der Waals surface area contributed by atoms with E-state index >= 15 is 0 Å². The summed E-state index contributed by atoms with van der Waals surface area (Å²) in [7, 11) is 0. The Balaban J connectivity index is 2.71. The number of aliphatic hydroxyl groups is 4. The number of benzene rings is 1. The lowest BCUT2D eigenvalue weighted by Gasteiger charge is -2.18. The van der Waals surface area contributed by atoms with Gasteiger partial charge in [-0.25, -0.2) is 0 Å². The Morgan fingerprint density at radius 3 is 2.39 bits per heavy atom. The molecular weight excluding hydrogens is 234 g/mol. The van der Waals surface area contributed by atoms with E-state index in [0.29, 0.717) is 5.69 Å². The molecule has 0 aliphatic heterocycles. The molecule has 0 heterocycles. The van der Waals surface area contributed by atoms with Crippen LogP contribution in [0.2, 0.25) is 0 Å². The summed E-state index contributed by atoms with van der Waals surface area (Å²) in [5, 5.41) is 36.7. The van der Waals surface area contributed by atoms with E-state index in [0.717, 1.165) is 17.3 Å². The zero-order valence-corrected chi connectivity index (χ0v) is 10.5. The number of nitrogens with zero attached hydrogens (tertiary/aromatic N) is 1. The van der Waals surface area contributed by atoms with Gasteiger partial charge in [0.05, 0.1) is 12.3 Å². The fourth-order valence-corrected chi connectivity index (χ4v) is 1.39. The summed E-state index contributed by atoms with van der Waals surface area (Å²) in [5.74, 6) is 0. The Hall–Kier alpha value is -1.27. The maximum absolute atomic E-state index is 9.53. The highest BCUT2D eigenvalue weighted by atomic mass is 16.4. The van der Waals surface area contributed by atoms with Crippen molar-refractivity contribution in [3.8, 4) is 0 Å². The van der Waals surface area contributed by atoms with Crippen molar-refractivity contribution in [2.45, 2.75) is 32.2 Å². The second-order valence-corrected chi connectivity index (χ2v) is 4.28. The molecule has 5 nitrogen and oxygen atoms in total. The molecule has 0 saturated carbocycles. The largest absolute Gasteiger partial charge is 0.394 e.